The second-order valence-electron chi connectivity index (χ2n) is 6.14. The molecule has 1 heterocycles. The summed E-state index contributed by atoms with van der Waals surface area (Å²) in [5.41, 5.74) is 5.60. The van der Waals surface area contributed by atoms with Gasteiger partial charge in [-0.2, -0.15) is 0 Å². The van der Waals surface area contributed by atoms with Gasteiger partial charge in [-0.15, -0.1) is 0 Å². The Balaban J connectivity index is 2.10. The van der Waals surface area contributed by atoms with Crippen molar-refractivity contribution in [1.29, 1.82) is 0 Å². The van der Waals surface area contributed by atoms with Crippen molar-refractivity contribution in [2.75, 3.05) is 20.6 Å². The number of aliphatic hydroxyl groups excluding tert-OH is 1. The Kier molecular flexibility index (Phi) is 4.79. The molecule has 0 amide bonds. The highest BCUT2D eigenvalue weighted by molar-refractivity contribution is 5.85. The minimum atomic E-state index is 0.0416. The molecule has 0 atom stereocenters. The van der Waals surface area contributed by atoms with Crippen LogP contribution in [0.1, 0.15) is 28.7 Å². The molecule has 3 heteroatoms. The lowest BCUT2D eigenvalue weighted by molar-refractivity contribution is 0.281. The molecule has 2 aromatic rings. The first-order valence-electron chi connectivity index (χ1n) is 7.99. The fourth-order valence-electron chi connectivity index (χ4n) is 2.91. The van der Waals surface area contributed by atoms with Crippen molar-refractivity contribution in [3.05, 3.63) is 70.8 Å². The van der Waals surface area contributed by atoms with Crippen LogP contribution in [0.4, 0.5) is 0 Å². The van der Waals surface area contributed by atoms with E-state index < -0.39 is 0 Å². The van der Waals surface area contributed by atoms with Crippen molar-refractivity contribution in [1.82, 2.24) is 4.90 Å². The molecule has 0 aromatic heterocycles. The Bertz CT molecular complexity index is 719. The van der Waals surface area contributed by atoms with Crippen molar-refractivity contribution >= 4 is 5.57 Å². The molecule has 2 aromatic carbocycles. The molecule has 0 fully saturated rings. The van der Waals surface area contributed by atoms with Crippen LogP contribution >= 0.6 is 0 Å². The van der Waals surface area contributed by atoms with Gasteiger partial charge in [0, 0.05) is 12.1 Å². The van der Waals surface area contributed by atoms with E-state index in [4.69, 9.17) is 4.74 Å². The summed E-state index contributed by atoms with van der Waals surface area (Å²) in [5, 5.41) is 9.47. The summed E-state index contributed by atoms with van der Waals surface area (Å²) in [6.07, 6.45) is 3.26. The van der Waals surface area contributed by atoms with E-state index >= 15 is 0 Å². The summed E-state index contributed by atoms with van der Waals surface area (Å²) in [4.78, 5) is 2.18. The van der Waals surface area contributed by atoms with Gasteiger partial charge in [-0.1, -0.05) is 36.4 Å². The summed E-state index contributed by atoms with van der Waals surface area (Å²) < 4.78 is 6.00. The van der Waals surface area contributed by atoms with E-state index in [1.807, 2.05) is 18.2 Å². The number of nitrogens with zero attached hydrogens (tertiary/aromatic N) is 1. The third-order valence-corrected chi connectivity index (χ3v) is 4.13. The predicted molar refractivity (Wildman–Crippen MR) is 93.4 cm³/mol. The van der Waals surface area contributed by atoms with E-state index in [2.05, 4.69) is 49.3 Å². The molecule has 0 aliphatic carbocycles. The molecule has 23 heavy (non-hydrogen) atoms. The fraction of sp³-hybridized carbons (Fsp3) is 0.300. The van der Waals surface area contributed by atoms with Crippen LogP contribution in [0.5, 0.6) is 5.75 Å². The zero-order chi connectivity index (χ0) is 16.2. The summed E-state index contributed by atoms with van der Waals surface area (Å²) in [6.45, 7) is 1.62. The molecular formula is C20H23NO2. The van der Waals surface area contributed by atoms with E-state index in [1.165, 1.54) is 16.7 Å². The number of fused-ring (bicyclic) bond motifs is 2. The van der Waals surface area contributed by atoms with Gasteiger partial charge >= 0.3 is 0 Å². The Morgan fingerprint density at radius 3 is 2.74 bits per heavy atom. The van der Waals surface area contributed by atoms with Crippen LogP contribution in [0.2, 0.25) is 0 Å². The standard InChI is InChI=1S/C20H23NO2/c1-21(2)11-5-8-18-17-7-4-3-6-16(17)14-23-20-10-9-15(13-22)12-19(18)20/h3-4,6-10,12,22H,5,11,13-14H2,1-2H3/b18-8-. The SMILES string of the molecule is CN(C)CC/C=C1/c2ccccc2COc2ccc(CO)cc21. The largest absolute Gasteiger partial charge is 0.488 e. The molecule has 0 spiro atoms. The summed E-state index contributed by atoms with van der Waals surface area (Å²) >= 11 is 0. The van der Waals surface area contributed by atoms with Gasteiger partial charge in [-0.05, 0) is 54.9 Å². The lowest BCUT2D eigenvalue weighted by Crippen LogP contribution is -2.12. The van der Waals surface area contributed by atoms with E-state index in [1.54, 1.807) is 0 Å². The summed E-state index contributed by atoms with van der Waals surface area (Å²) in [7, 11) is 4.17. The number of aliphatic hydroxyl groups is 1. The molecule has 0 radical (unpaired) electrons. The number of rotatable bonds is 4. The topological polar surface area (TPSA) is 32.7 Å². The smallest absolute Gasteiger partial charge is 0.127 e. The Hall–Kier alpha value is -2.10. The van der Waals surface area contributed by atoms with Crippen molar-refractivity contribution in [2.24, 2.45) is 0 Å². The molecule has 1 aliphatic heterocycles. The third-order valence-electron chi connectivity index (χ3n) is 4.13. The van der Waals surface area contributed by atoms with Crippen LogP contribution in [0.15, 0.2) is 48.5 Å². The molecule has 3 nitrogen and oxygen atoms in total. The van der Waals surface area contributed by atoms with E-state index in [9.17, 15) is 5.11 Å². The fourth-order valence-corrected chi connectivity index (χ4v) is 2.91. The average Bonchev–Trinajstić information content (AvgIpc) is 2.71. The zero-order valence-corrected chi connectivity index (χ0v) is 13.7. The molecule has 0 bridgehead atoms. The molecule has 0 saturated carbocycles. The minimum Gasteiger partial charge on any atom is -0.488 e. The van der Waals surface area contributed by atoms with Gasteiger partial charge in [0.05, 0.1) is 6.61 Å². The highest BCUT2D eigenvalue weighted by atomic mass is 16.5. The number of benzene rings is 2. The van der Waals surface area contributed by atoms with Gasteiger partial charge in [0.15, 0.2) is 0 Å². The van der Waals surface area contributed by atoms with Crippen LogP contribution in [0.25, 0.3) is 5.57 Å². The van der Waals surface area contributed by atoms with Crippen LogP contribution < -0.4 is 4.74 Å². The van der Waals surface area contributed by atoms with Crippen LogP contribution in [-0.2, 0) is 13.2 Å². The number of hydrogen-bond donors (Lipinski definition) is 1. The van der Waals surface area contributed by atoms with Gasteiger partial charge < -0.3 is 14.7 Å². The monoisotopic (exact) mass is 309 g/mol. The normalized spacial score (nSPS) is 15.0. The highest BCUT2D eigenvalue weighted by Gasteiger charge is 2.19. The molecule has 0 unspecified atom stereocenters. The highest BCUT2D eigenvalue weighted by Crippen LogP contribution is 2.37. The lowest BCUT2D eigenvalue weighted by atomic mass is 9.92. The van der Waals surface area contributed by atoms with Crippen molar-refractivity contribution in [3.63, 3.8) is 0 Å². The van der Waals surface area contributed by atoms with Gasteiger partial charge in [-0.25, -0.2) is 0 Å². The first-order chi connectivity index (χ1) is 11.2. The van der Waals surface area contributed by atoms with Gasteiger partial charge in [0.1, 0.15) is 12.4 Å². The molecular weight excluding hydrogens is 286 g/mol. The maximum absolute atomic E-state index is 9.47. The van der Waals surface area contributed by atoms with Gasteiger partial charge in [0.25, 0.3) is 0 Å². The van der Waals surface area contributed by atoms with Gasteiger partial charge in [-0.3, -0.25) is 0 Å². The number of hydrogen-bond acceptors (Lipinski definition) is 3. The van der Waals surface area contributed by atoms with Crippen molar-refractivity contribution in [3.8, 4) is 5.75 Å². The minimum absolute atomic E-state index is 0.0416. The Morgan fingerprint density at radius 2 is 1.96 bits per heavy atom. The average molecular weight is 309 g/mol. The summed E-state index contributed by atoms with van der Waals surface area (Å²) in [6, 6.07) is 14.3. The van der Waals surface area contributed by atoms with Gasteiger partial charge in [0.2, 0.25) is 0 Å². The predicted octanol–water partition coefficient (Wildman–Crippen LogP) is 3.45. The lowest BCUT2D eigenvalue weighted by Gasteiger charge is -2.13. The van der Waals surface area contributed by atoms with E-state index in [0.29, 0.717) is 6.61 Å². The second-order valence-corrected chi connectivity index (χ2v) is 6.14. The third kappa shape index (κ3) is 3.46. The van der Waals surface area contributed by atoms with Crippen LogP contribution in [0.3, 0.4) is 0 Å². The Morgan fingerprint density at radius 1 is 1.13 bits per heavy atom. The molecule has 120 valence electrons. The maximum atomic E-state index is 9.47. The summed E-state index contributed by atoms with van der Waals surface area (Å²) in [5.74, 6) is 0.884. The quantitative estimate of drug-likeness (QED) is 0.939. The number of ether oxygens (including phenoxy) is 1. The van der Waals surface area contributed by atoms with E-state index in [0.717, 1.165) is 29.8 Å². The van der Waals surface area contributed by atoms with Crippen LogP contribution in [-0.4, -0.2) is 30.6 Å². The molecule has 1 aliphatic rings. The first-order valence-corrected chi connectivity index (χ1v) is 7.99. The maximum Gasteiger partial charge on any atom is 0.127 e. The van der Waals surface area contributed by atoms with Crippen LogP contribution in [0, 0.1) is 0 Å². The van der Waals surface area contributed by atoms with E-state index in [-0.39, 0.29) is 6.61 Å². The zero-order valence-electron chi connectivity index (χ0n) is 13.7. The second kappa shape index (κ2) is 6.99. The van der Waals surface area contributed by atoms with Crippen molar-refractivity contribution < 1.29 is 9.84 Å². The Labute approximate surface area is 137 Å². The molecule has 0 saturated heterocycles. The first kappa shape index (κ1) is 15.8. The molecule has 3 rings (SSSR count). The molecule has 1 N–H and O–H groups in total. The van der Waals surface area contributed by atoms with Crippen molar-refractivity contribution in [2.45, 2.75) is 19.6 Å².